The van der Waals surface area contributed by atoms with Crippen LogP contribution in [0.4, 0.5) is 5.69 Å². The van der Waals surface area contributed by atoms with Crippen molar-refractivity contribution in [2.45, 2.75) is 6.92 Å². The van der Waals surface area contributed by atoms with Gasteiger partial charge in [0.2, 0.25) is 0 Å². The largest absolute Gasteiger partial charge is 0.369 e. The van der Waals surface area contributed by atoms with Crippen molar-refractivity contribution in [1.29, 1.82) is 0 Å². The van der Waals surface area contributed by atoms with Gasteiger partial charge in [-0.2, -0.15) is 0 Å². The molecule has 1 aliphatic rings. The molecule has 1 aliphatic heterocycles. The fourth-order valence-corrected chi connectivity index (χ4v) is 2.10. The molecular formula is C11H16ClN3. The molecule has 1 saturated heterocycles. The van der Waals surface area contributed by atoms with Crippen molar-refractivity contribution in [3.05, 3.63) is 23.0 Å². The summed E-state index contributed by atoms with van der Waals surface area (Å²) in [6, 6.07) is 4.04. The summed E-state index contributed by atoms with van der Waals surface area (Å²) < 4.78 is 0. The first kappa shape index (κ1) is 10.7. The van der Waals surface area contributed by atoms with E-state index >= 15 is 0 Å². The van der Waals surface area contributed by atoms with Crippen LogP contribution >= 0.6 is 11.6 Å². The maximum atomic E-state index is 5.95. The third-order valence-corrected chi connectivity index (χ3v) is 2.97. The molecule has 0 radical (unpaired) electrons. The summed E-state index contributed by atoms with van der Waals surface area (Å²) in [7, 11) is 2.15. The lowest BCUT2D eigenvalue weighted by Gasteiger charge is -2.34. The van der Waals surface area contributed by atoms with Crippen molar-refractivity contribution in [3.63, 3.8) is 0 Å². The molecule has 0 amide bonds. The molecule has 82 valence electrons. The van der Waals surface area contributed by atoms with Crippen LogP contribution in [0.2, 0.25) is 5.15 Å². The highest BCUT2D eigenvalue weighted by molar-refractivity contribution is 6.29. The van der Waals surface area contributed by atoms with Crippen molar-refractivity contribution in [2.24, 2.45) is 0 Å². The van der Waals surface area contributed by atoms with Gasteiger partial charge in [-0.25, -0.2) is 4.98 Å². The second-order valence-corrected chi connectivity index (χ2v) is 4.47. The first-order valence-electron chi connectivity index (χ1n) is 5.23. The Morgan fingerprint density at radius 2 is 1.87 bits per heavy atom. The lowest BCUT2D eigenvalue weighted by atomic mass is 10.2. The van der Waals surface area contributed by atoms with Gasteiger partial charge in [-0.1, -0.05) is 11.6 Å². The Labute approximate surface area is 95.7 Å². The number of aromatic nitrogens is 1. The third-order valence-electron chi connectivity index (χ3n) is 2.78. The van der Waals surface area contributed by atoms with Crippen LogP contribution in [0.1, 0.15) is 5.69 Å². The van der Waals surface area contributed by atoms with E-state index in [0.717, 1.165) is 31.9 Å². The van der Waals surface area contributed by atoms with Crippen LogP contribution in [0, 0.1) is 6.92 Å². The third kappa shape index (κ3) is 2.61. The average Bonchev–Trinajstić information content (AvgIpc) is 2.17. The van der Waals surface area contributed by atoms with Crippen LogP contribution in [0.5, 0.6) is 0 Å². The topological polar surface area (TPSA) is 19.4 Å². The van der Waals surface area contributed by atoms with Crippen LogP contribution in [0.15, 0.2) is 12.1 Å². The maximum Gasteiger partial charge on any atom is 0.131 e. The van der Waals surface area contributed by atoms with Crippen LogP contribution in [-0.2, 0) is 0 Å². The molecule has 3 nitrogen and oxygen atoms in total. The molecule has 2 rings (SSSR count). The number of hydrogen-bond acceptors (Lipinski definition) is 3. The lowest BCUT2D eigenvalue weighted by molar-refractivity contribution is 0.313. The normalized spacial score (nSPS) is 18.2. The predicted molar refractivity (Wildman–Crippen MR) is 63.7 cm³/mol. The second-order valence-electron chi connectivity index (χ2n) is 4.08. The highest BCUT2D eigenvalue weighted by atomic mass is 35.5. The molecule has 0 unspecified atom stereocenters. The summed E-state index contributed by atoms with van der Waals surface area (Å²) >= 11 is 5.95. The first-order chi connectivity index (χ1) is 7.15. The summed E-state index contributed by atoms with van der Waals surface area (Å²) in [5.41, 5.74) is 2.18. The number of anilines is 1. The Morgan fingerprint density at radius 1 is 1.20 bits per heavy atom. The molecule has 0 aromatic carbocycles. The lowest BCUT2D eigenvalue weighted by Crippen LogP contribution is -2.44. The highest BCUT2D eigenvalue weighted by Gasteiger charge is 2.14. The van der Waals surface area contributed by atoms with E-state index in [4.69, 9.17) is 11.6 Å². The Bertz CT molecular complexity index is 325. The number of halogens is 1. The molecule has 15 heavy (non-hydrogen) atoms. The standard InChI is InChI=1S/C11H16ClN3/c1-9-7-10(8-11(12)13-9)15-5-3-14(2)4-6-15/h7-8H,3-6H2,1-2H3. The molecule has 0 saturated carbocycles. The van der Waals surface area contributed by atoms with Crippen molar-refractivity contribution >= 4 is 17.3 Å². The van der Waals surface area contributed by atoms with Crippen molar-refractivity contribution in [1.82, 2.24) is 9.88 Å². The van der Waals surface area contributed by atoms with Crippen molar-refractivity contribution < 1.29 is 0 Å². The van der Waals surface area contributed by atoms with E-state index in [-0.39, 0.29) is 0 Å². The van der Waals surface area contributed by atoms with E-state index in [1.807, 2.05) is 13.0 Å². The summed E-state index contributed by atoms with van der Waals surface area (Å²) in [5.74, 6) is 0. The smallest absolute Gasteiger partial charge is 0.131 e. The fourth-order valence-electron chi connectivity index (χ4n) is 1.86. The molecule has 1 aromatic heterocycles. The number of pyridine rings is 1. The van der Waals surface area contributed by atoms with Crippen LogP contribution in [-0.4, -0.2) is 43.1 Å². The Kier molecular flexibility index (Phi) is 3.12. The molecule has 0 bridgehead atoms. The van der Waals surface area contributed by atoms with Gasteiger partial charge in [0, 0.05) is 37.6 Å². The van der Waals surface area contributed by atoms with Gasteiger partial charge in [-0.05, 0) is 26.1 Å². The Balaban J connectivity index is 2.15. The molecule has 0 spiro atoms. The summed E-state index contributed by atoms with van der Waals surface area (Å²) in [5, 5.41) is 0.587. The first-order valence-corrected chi connectivity index (χ1v) is 5.60. The molecule has 1 fully saturated rings. The van der Waals surface area contributed by atoms with Crippen molar-refractivity contribution in [2.75, 3.05) is 38.1 Å². The maximum absolute atomic E-state index is 5.95. The van der Waals surface area contributed by atoms with Crippen LogP contribution in [0.3, 0.4) is 0 Å². The Morgan fingerprint density at radius 3 is 2.47 bits per heavy atom. The zero-order valence-corrected chi connectivity index (χ0v) is 9.96. The minimum Gasteiger partial charge on any atom is -0.369 e. The second kappa shape index (κ2) is 4.37. The van der Waals surface area contributed by atoms with E-state index in [1.54, 1.807) is 0 Å². The van der Waals surface area contributed by atoms with Crippen molar-refractivity contribution in [3.8, 4) is 0 Å². The number of hydrogen-bond donors (Lipinski definition) is 0. The summed E-state index contributed by atoms with van der Waals surface area (Å²) in [4.78, 5) is 8.87. The fraction of sp³-hybridized carbons (Fsp3) is 0.545. The van der Waals surface area contributed by atoms with E-state index in [9.17, 15) is 0 Å². The van der Waals surface area contributed by atoms with Gasteiger partial charge in [0.15, 0.2) is 0 Å². The molecule has 4 heteroatoms. The zero-order valence-electron chi connectivity index (χ0n) is 9.20. The number of rotatable bonds is 1. The number of aryl methyl sites for hydroxylation is 1. The van der Waals surface area contributed by atoms with E-state index < -0.39 is 0 Å². The van der Waals surface area contributed by atoms with Gasteiger partial charge in [0.1, 0.15) is 5.15 Å². The SMILES string of the molecule is Cc1cc(N2CCN(C)CC2)cc(Cl)n1. The quantitative estimate of drug-likeness (QED) is 0.680. The van der Waals surface area contributed by atoms with Crippen LogP contribution in [0.25, 0.3) is 0 Å². The summed E-state index contributed by atoms with van der Waals surface area (Å²) in [6.45, 7) is 6.33. The highest BCUT2D eigenvalue weighted by Crippen LogP contribution is 2.20. The minimum absolute atomic E-state index is 0.587. The zero-order chi connectivity index (χ0) is 10.8. The predicted octanol–water partition coefficient (Wildman–Crippen LogP) is 1.80. The van der Waals surface area contributed by atoms with Gasteiger partial charge in [-0.3, -0.25) is 0 Å². The molecular weight excluding hydrogens is 210 g/mol. The van der Waals surface area contributed by atoms with E-state index in [0.29, 0.717) is 5.15 Å². The molecule has 0 aliphatic carbocycles. The molecule has 2 heterocycles. The van der Waals surface area contributed by atoms with E-state index in [2.05, 4.69) is 27.9 Å². The summed E-state index contributed by atoms with van der Waals surface area (Å²) in [6.07, 6.45) is 0. The van der Waals surface area contributed by atoms with Crippen LogP contribution < -0.4 is 4.90 Å². The monoisotopic (exact) mass is 225 g/mol. The van der Waals surface area contributed by atoms with E-state index in [1.165, 1.54) is 5.69 Å². The molecule has 0 N–H and O–H groups in total. The Hall–Kier alpha value is -0.800. The minimum atomic E-state index is 0.587. The van der Waals surface area contributed by atoms with Gasteiger partial charge in [-0.15, -0.1) is 0 Å². The van der Waals surface area contributed by atoms with Gasteiger partial charge < -0.3 is 9.80 Å². The molecule has 0 atom stereocenters. The molecule has 1 aromatic rings. The van der Waals surface area contributed by atoms with Gasteiger partial charge in [0.05, 0.1) is 0 Å². The average molecular weight is 226 g/mol. The van der Waals surface area contributed by atoms with Gasteiger partial charge in [0.25, 0.3) is 0 Å². The van der Waals surface area contributed by atoms with Gasteiger partial charge >= 0.3 is 0 Å². The number of likely N-dealkylation sites (N-methyl/N-ethyl adjacent to an activating group) is 1. The number of piperazine rings is 1. The number of nitrogens with zero attached hydrogens (tertiary/aromatic N) is 3.